The van der Waals surface area contributed by atoms with E-state index in [9.17, 15) is 8.42 Å². The average Bonchev–Trinajstić information content (AvgIpc) is 2.34. The Morgan fingerprint density at radius 3 is 2.56 bits per heavy atom. The van der Waals surface area contributed by atoms with Crippen molar-refractivity contribution in [3.05, 3.63) is 0 Å². The molecule has 0 saturated carbocycles. The third-order valence-electron chi connectivity index (χ3n) is 3.44. The van der Waals surface area contributed by atoms with Crippen LogP contribution in [0.2, 0.25) is 0 Å². The van der Waals surface area contributed by atoms with Gasteiger partial charge in [0, 0.05) is 19.8 Å². The summed E-state index contributed by atoms with van der Waals surface area (Å²) in [4.78, 5) is 0. The summed E-state index contributed by atoms with van der Waals surface area (Å²) in [7, 11) is -3.13. The summed E-state index contributed by atoms with van der Waals surface area (Å²) in [5.74, 6) is 0.201. The Balaban J connectivity index is 2.27. The van der Waals surface area contributed by atoms with Gasteiger partial charge in [0.1, 0.15) is 0 Å². The summed E-state index contributed by atoms with van der Waals surface area (Å²) in [6.07, 6.45) is 2.50. The maximum atomic E-state index is 11.8. The summed E-state index contributed by atoms with van der Waals surface area (Å²) in [5, 5.41) is 3.13. The SMILES string of the molecule is CCNCCCS(=O)(=O)NCC1(C)CCOCC1. The Bertz CT molecular complexity index is 324. The molecule has 1 saturated heterocycles. The second kappa shape index (κ2) is 7.43. The lowest BCUT2D eigenvalue weighted by molar-refractivity contribution is 0.0265. The molecule has 6 heteroatoms. The zero-order valence-corrected chi connectivity index (χ0v) is 12.3. The summed E-state index contributed by atoms with van der Waals surface area (Å²) in [6, 6.07) is 0. The number of hydrogen-bond acceptors (Lipinski definition) is 4. The molecule has 1 heterocycles. The molecule has 0 amide bonds. The standard InChI is InChI=1S/C12H26N2O3S/c1-3-13-7-4-10-18(15,16)14-11-12(2)5-8-17-9-6-12/h13-14H,3-11H2,1-2H3. The molecule has 0 aromatic rings. The maximum absolute atomic E-state index is 11.8. The first kappa shape index (κ1) is 15.9. The molecule has 0 spiro atoms. The van der Waals surface area contributed by atoms with Crippen LogP contribution in [0.5, 0.6) is 0 Å². The van der Waals surface area contributed by atoms with Gasteiger partial charge in [-0.1, -0.05) is 13.8 Å². The molecule has 0 aliphatic carbocycles. The highest BCUT2D eigenvalue weighted by atomic mass is 32.2. The van der Waals surface area contributed by atoms with E-state index in [1.165, 1.54) is 0 Å². The van der Waals surface area contributed by atoms with Gasteiger partial charge in [0.15, 0.2) is 0 Å². The third-order valence-corrected chi connectivity index (χ3v) is 4.85. The number of hydrogen-bond donors (Lipinski definition) is 2. The summed E-state index contributed by atoms with van der Waals surface area (Å²) in [6.45, 7) is 7.76. The van der Waals surface area contributed by atoms with Crippen molar-refractivity contribution in [2.24, 2.45) is 5.41 Å². The zero-order valence-electron chi connectivity index (χ0n) is 11.5. The average molecular weight is 278 g/mol. The normalized spacial score (nSPS) is 19.9. The number of rotatable bonds is 8. The molecule has 0 radical (unpaired) electrons. The van der Waals surface area contributed by atoms with Crippen LogP contribution in [-0.2, 0) is 14.8 Å². The predicted octanol–water partition coefficient (Wildman–Crippen LogP) is 0.722. The highest BCUT2D eigenvalue weighted by molar-refractivity contribution is 7.89. The van der Waals surface area contributed by atoms with E-state index in [0.717, 1.165) is 39.1 Å². The van der Waals surface area contributed by atoms with Crippen LogP contribution < -0.4 is 10.0 Å². The highest BCUT2D eigenvalue weighted by Crippen LogP contribution is 2.28. The molecular formula is C12H26N2O3S. The Morgan fingerprint density at radius 2 is 1.94 bits per heavy atom. The third kappa shape index (κ3) is 6.13. The van der Waals surface area contributed by atoms with Gasteiger partial charge in [-0.25, -0.2) is 13.1 Å². The minimum atomic E-state index is -3.13. The van der Waals surface area contributed by atoms with Crippen molar-refractivity contribution in [3.63, 3.8) is 0 Å². The van der Waals surface area contributed by atoms with Crippen LogP contribution in [0.4, 0.5) is 0 Å². The van der Waals surface area contributed by atoms with E-state index in [0.29, 0.717) is 13.0 Å². The summed E-state index contributed by atoms with van der Waals surface area (Å²) < 4.78 is 31.7. The van der Waals surface area contributed by atoms with Gasteiger partial charge in [-0.05, 0) is 37.8 Å². The van der Waals surface area contributed by atoms with E-state index in [2.05, 4.69) is 17.0 Å². The number of nitrogens with one attached hydrogen (secondary N) is 2. The molecule has 1 rings (SSSR count). The maximum Gasteiger partial charge on any atom is 0.211 e. The molecule has 2 N–H and O–H groups in total. The van der Waals surface area contributed by atoms with Crippen molar-refractivity contribution in [2.45, 2.75) is 33.1 Å². The molecule has 0 aromatic heterocycles. The van der Waals surface area contributed by atoms with E-state index >= 15 is 0 Å². The first-order valence-corrected chi connectivity index (χ1v) is 8.38. The smallest absolute Gasteiger partial charge is 0.211 e. The van der Waals surface area contributed by atoms with Gasteiger partial charge in [0.2, 0.25) is 10.0 Å². The monoisotopic (exact) mass is 278 g/mol. The fourth-order valence-electron chi connectivity index (χ4n) is 1.96. The Hall–Kier alpha value is -0.170. The first-order chi connectivity index (χ1) is 8.47. The minimum absolute atomic E-state index is 0.0486. The van der Waals surface area contributed by atoms with Crippen molar-refractivity contribution in [3.8, 4) is 0 Å². The molecule has 1 fully saturated rings. The van der Waals surface area contributed by atoms with Gasteiger partial charge < -0.3 is 10.1 Å². The fourth-order valence-corrected chi connectivity index (χ4v) is 3.20. The lowest BCUT2D eigenvalue weighted by Crippen LogP contribution is -2.40. The topological polar surface area (TPSA) is 67.4 Å². The summed E-state index contributed by atoms with van der Waals surface area (Å²) >= 11 is 0. The van der Waals surface area contributed by atoms with E-state index in [1.54, 1.807) is 0 Å². The van der Waals surface area contributed by atoms with Crippen molar-refractivity contribution >= 4 is 10.0 Å². The second-order valence-corrected chi connectivity index (χ2v) is 7.20. The van der Waals surface area contributed by atoms with E-state index in [4.69, 9.17) is 4.74 Å². The largest absolute Gasteiger partial charge is 0.381 e. The molecule has 1 aliphatic rings. The Labute approximate surface area is 111 Å². The summed E-state index contributed by atoms with van der Waals surface area (Å²) in [5.41, 5.74) is 0.0486. The molecule has 5 nitrogen and oxygen atoms in total. The van der Waals surface area contributed by atoms with Gasteiger partial charge in [0.05, 0.1) is 5.75 Å². The van der Waals surface area contributed by atoms with Crippen molar-refractivity contribution in [1.29, 1.82) is 0 Å². The van der Waals surface area contributed by atoms with Crippen LogP contribution in [0.3, 0.4) is 0 Å². The van der Waals surface area contributed by atoms with Gasteiger partial charge in [-0.3, -0.25) is 0 Å². The fraction of sp³-hybridized carbons (Fsp3) is 1.00. The van der Waals surface area contributed by atoms with Crippen molar-refractivity contribution in [1.82, 2.24) is 10.0 Å². The molecule has 0 aromatic carbocycles. The van der Waals surface area contributed by atoms with E-state index in [-0.39, 0.29) is 11.2 Å². The van der Waals surface area contributed by atoms with Gasteiger partial charge >= 0.3 is 0 Å². The van der Waals surface area contributed by atoms with Gasteiger partial charge in [-0.15, -0.1) is 0 Å². The van der Waals surface area contributed by atoms with E-state index in [1.807, 2.05) is 6.92 Å². The highest BCUT2D eigenvalue weighted by Gasteiger charge is 2.28. The number of sulfonamides is 1. The van der Waals surface area contributed by atoms with E-state index < -0.39 is 10.0 Å². The van der Waals surface area contributed by atoms with Crippen LogP contribution in [-0.4, -0.2) is 47.0 Å². The van der Waals surface area contributed by atoms with Crippen LogP contribution in [0.25, 0.3) is 0 Å². The molecule has 18 heavy (non-hydrogen) atoms. The molecule has 0 unspecified atom stereocenters. The van der Waals surface area contributed by atoms with Gasteiger partial charge in [0.25, 0.3) is 0 Å². The van der Waals surface area contributed by atoms with Crippen LogP contribution >= 0.6 is 0 Å². The Morgan fingerprint density at radius 1 is 1.28 bits per heavy atom. The molecular weight excluding hydrogens is 252 g/mol. The van der Waals surface area contributed by atoms with Crippen molar-refractivity contribution in [2.75, 3.05) is 38.6 Å². The van der Waals surface area contributed by atoms with Crippen LogP contribution in [0.1, 0.15) is 33.1 Å². The number of ether oxygens (including phenoxy) is 1. The lowest BCUT2D eigenvalue weighted by atomic mass is 9.83. The zero-order chi connectivity index (χ0) is 13.5. The lowest BCUT2D eigenvalue weighted by Gasteiger charge is -2.33. The first-order valence-electron chi connectivity index (χ1n) is 6.73. The molecule has 0 atom stereocenters. The van der Waals surface area contributed by atoms with Crippen LogP contribution in [0.15, 0.2) is 0 Å². The minimum Gasteiger partial charge on any atom is -0.381 e. The molecule has 0 bridgehead atoms. The molecule has 1 aliphatic heterocycles. The van der Waals surface area contributed by atoms with Crippen molar-refractivity contribution < 1.29 is 13.2 Å². The Kier molecular flexibility index (Phi) is 6.55. The predicted molar refractivity (Wildman–Crippen MR) is 73.1 cm³/mol. The molecule has 108 valence electrons. The second-order valence-electron chi connectivity index (χ2n) is 5.27. The quantitative estimate of drug-likeness (QED) is 0.642. The van der Waals surface area contributed by atoms with Crippen LogP contribution in [0, 0.1) is 5.41 Å². The van der Waals surface area contributed by atoms with Gasteiger partial charge in [-0.2, -0.15) is 0 Å².